The summed E-state index contributed by atoms with van der Waals surface area (Å²) in [7, 11) is 2.83. The average Bonchev–Trinajstić information content (AvgIpc) is 2.45. The molecule has 110 valence electrons. The number of hydrogen-bond donors (Lipinski definition) is 0. The van der Waals surface area contributed by atoms with Crippen molar-refractivity contribution >= 4 is 17.4 Å². The molecule has 0 aliphatic carbocycles. The van der Waals surface area contributed by atoms with Crippen molar-refractivity contribution in [2.24, 2.45) is 0 Å². The molecule has 0 aromatic heterocycles. The van der Waals surface area contributed by atoms with Gasteiger partial charge in [0.25, 0.3) is 0 Å². The maximum Gasteiger partial charge on any atom is 0.194 e. The van der Waals surface area contributed by atoms with E-state index in [0.717, 1.165) is 12.1 Å². The predicted octanol–water partition coefficient (Wildman–Crippen LogP) is 3.87. The summed E-state index contributed by atoms with van der Waals surface area (Å²) in [6.07, 6.45) is 0. The van der Waals surface area contributed by atoms with Crippen molar-refractivity contribution in [1.29, 1.82) is 0 Å². The molecule has 0 aliphatic rings. The van der Waals surface area contributed by atoms with Crippen LogP contribution in [0, 0.1) is 11.6 Å². The van der Waals surface area contributed by atoms with E-state index in [9.17, 15) is 13.6 Å². The molecule has 0 saturated heterocycles. The van der Waals surface area contributed by atoms with Crippen LogP contribution in [0.25, 0.3) is 0 Å². The van der Waals surface area contributed by atoms with Crippen LogP contribution in [0.4, 0.5) is 8.78 Å². The minimum Gasteiger partial charge on any atom is -0.493 e. The molecular formula is C15H11ClF2O3. The van der Waals surface area contributed by atoms with E-state index in [1.165, 1.54) is 26.4 Å². The Morgan fingerprint density at radius 1 is 0.952 bits per heavy atom. The summed E-state index contributed by atoms with van der Waals surface area (Å²) < 4.78 is 36.5. The van der Waals surface area contributed by atoms with E-state index < -0.39 is 17.4 Å². The largest absolute Gasteiger partial charge is 0.493 e. The number of carbonyl (C=O) groups excluding carboxylic acids is 1. The molecule has 0 bridgehead atoms. The van der Waals surface area contributed by atoms with Gasteiger partial charge in [0.15, 0.2) is 17.3 Å². The fourth-order valence-corrected chi connectivity index (χ4v) is 2.11. The molecule has 6 heteroatoms. The third kappa shape index (κ3) is 3.13. The Morgan fingerprint density at radius 2 is 1.48 bits per heavy atom. The first kappa shape index (κ1) is 15.3. The molecule has 0 unspecified atom stereocenters. The van der Waals surface area contributed by atoms with Gasteiger partial charge >= 0.3 is 0 Å². The van der Waals surface area contributed by atoms with Gasteiger partial charge in [-0.05, 0) is 18.2 Å². The molecule has 2 aromatic rings. The fraction of sp³-hybridized carbons (Fsp3) is 0.133. The summed E-state index contributed by atoms with van der Waals surface area (Å²) in [5, 5.41) is 0.0994. The normalized spacial score (nSPS) is 10.3. The zero-order valence-corrected chi connectivity index (χ0v) is 12.0. The Balaban J connectivity index is 2.52. The Hall–Kier alpha value is -2.14. The molecule has 3 nitrogen and oxygen atoms in total. The smallest absolute Gasteiger partial charge is 0.194 e. The monoisotopic (exact) mass is 312 g/mol. The number of halogens is 3. The third-order valence-electron chi connectivity index (χ3n) is 2.84. The van der Waals surface area contributed by atoms with Crippen LogP contribution in [-0.4, -0.2) is 20.0 Å². The van der Waals surface area contributed by atoms with Crippen LogP contribution in [0.5, 0.6) is 11.5 Å². The Labute approximate surface area is 125 Å². The van der Waals surface area contributed by atoms with Gasteiger partial charge in [-0.1, -0.05) is 11.6 Å². The average molecular weight is 313 g/mol. The highest BCUT2D eigenvalue weighted by Gasteiger charge is 2.18. The first-order valence-electron chi connectivity index (χ1n) is 5.88. The molecule has 2 rings (SSSR count). The topological polar surface area (TPSA) is 35.5 Å². The van der Waals surface area contributed by atoms with Crippen molar-refractivity contribution < 1.29 is 23.0 Å². The van der Waals surface area contributed by atoms with Crippen molar-refractivity contribution in [3.63, 3.8) is 0 Å². The molecule has 0 saturated carbocycles. The van der Waals surface area contributed by atoms with Gasteiger partial charge in [0, 0.05) is 23.3 Å². The number of methoxy groups -OCH3 is 2. The summed E-state index contributed by atoms with van der Waals surface area (Å²) >= 11 is 6.02. The second kappa shape index (κ2) is 6.10. The van der Waals surface area contributed by atoms with E-state index in [2.05, 4.69) is 0 Å². The van der Waals surface area contributed by atoms with Crippen molar-refractivity contribution in [2.75, 3.05) is 14.2 Å². The van der Waals surface area contributed by atoms with Crippen molar-refractivity contribution in [3.8, 4) is 11.5 Å². The molecule has 0 radical (unpaired) electrons. The lowest BCUT2D eigenvalue weighted by molar-refractivity contribution is 0.103. The highest BCUT2D eigenvalue weighted by Crippen LogP contribution is 2.34. The Bertz CT molecular complexity index is 681. The molecular weight excluding hydrogens is 302 g/mol. The van der Waals surface area contributed by atoms with Crippen molar-refractivity contribution in [3.05, 3.63) is 58.1 Å². The quantitative estimate of drug-likeness (QED) is 0.804. The first-order chi connectivity index (χ1) is 9.96. The Morgan fingerprint density at radius 3 is 2.00 bits per heavy atom. The maximum absolute atomic E-state index is 13.2. The summed E-state index contributed by atoms with van der Waals surface area (Å²) in [5.74, 6) is -1.64. The minimum absolute atomic E-state index is 0.0688. The first-order valence-corrected chi connectivity index (χ1v) is 6.26. The summed E-state index contributed by atoms with van der Waals surface area (Å²) in [6.45, 7) is 0. The lowest BCUT2D eigenvalue weighted by atomic mass is 10.0. The number of benzene rings is 2. The highest BCUT2D eigenvalue weighted by molar-refractivity contribution is 6.35. The number of rotatable bonds is 4. The molecule has 2 aromatic carbocycles. The maximum atomic E-state index is 13.2. The van der Waals surface area contributed by atoms with Crippen LogP contribution in [0.15, 0.2) is 30.3 Å². The zero-order chi connectivity index (χ0) is 15.6. The molecule has 0 aliphatic heterocycles. The number of ether oxygens (including phenoxy) is 2. The third-order valence-corrected chi connectivity index (χ3v) is 3.16. The number of hydrogen-bond acceptors (Lipinski definition) is 3. The van der Waals surface area contributed by atoms with Crippen LogP contribution in [0.3, 0.4) is 0 Å². The predicted molar refractivity (Wildman–Crippen MR) is 74.3 cm³/mol. The van der Waals surface area contributed by atoms with E-state index in [-0.39, 0.29) is 16.1 Å². The molecule has 21 heavy (non-hydrogen) atoms. The van der Waals surface area contributed by atoms with Crippen molar-refractivity contribution in [1.82, 2.24) is 0 Å². The molecule has 0 heterocycles. The second-order valence-electron chi connectivity index (χ2n) is 4.17. The number of ketones is 1. The molecule has 0 fully saturated rings. The van der Waals surface area contributed by atoms with Gasteiger partial charge < -0.3 is 9.47 Å². The van der Waals surface area contributed by atoms with Gasteiger partial charge in [0.2, 0.25) is 0 Å². The molecule has 0 spiro atoms. The van der Waals surface area contributed by atoms with Gasteiger partial charge in [0.1, 0.15) is 11.6 Å². The highest BCUT2D eigenvalue weighted by atomic mass is 35.5. The zero-order valence-electron chi connectivity index (χ0n) is 11.2. The fourth-order valence-electron chi connectivity index (χ4n) is 1.87. The van der Waals surface area contributed by atoms with Gasteiger partial charge in [-0.15, -0.1) is 0 Å². The van der Waals surface area contributed by atoms with Crippen LogP contribution in [0.1, 0.15) is 15.9 Å². The van der Waals surface area contributed by atoms with Crippen molar-refractivity contribution in [2.45, 2.75) is 0 Å². The van der Waals surface area contributed by atoms with Crippen LogP contribution in [0.2, 0.25) is 5.02 Å². The minimum atomic E-state index is -0.838. The van der Waals surface area contributed by atoms with Crippen LogP contribution >= 0.6 is 11.6 Å². The van der Waals surface area contributed by atoms with E-state index in [4.69, 9.17) is 21.1 Å². The van der Waals surface area contributed by atoms with E-state index in [1.54, 1.807) is 0 Å². The van der Waals surface area contributed by atoms with E-state index in [1.807, 2.05) is 0 Å². The van der Waals surface area contributed by atoms with Gasteiger partial charge in [-0.25, -0.2) is 8.78 Å². The molecule has 0 N–H and O–H groups in total. The molecule has 0 atom stereocenters. The Kier molecular flexibility index (Phi) is 4.43. The van der Waals surface area contributed by atoms with E-state index >= 15 is 0 Å². The summed E-state index contributed by atoms with van der Waals surface area (Å²) in [4.78, 5) is 12.3. The van der Waals surface area contributed by atoms with Crippen LogP contribution < -0.4 is 9.47 Å². The van der Waals surface area contributed by atoms with Crippen LogP contribution in [-0.2, 0) is 0 Å². The summed E-state index contributed by atoms with van der Waals surface area (Å²) in [5.41, 5.74) is -0.0686. The second-order valence-corrected chi connectivity index (χ2v) is 4.58. The lowest BCUT2D eigenvalue weighted by Crippen LogP contribution is -2.05. The van der Waals surface area contributed by atoms with Gasteiger partial charge in [-0.3, -0.25) is 4.79 Å². The van der Waals surface area contributed by atoms with Gasteiger partial charge in [-0.2, -0.15) is 0 Å². The van der Waals surface area contributed by atoms with Gasteiger partial charge in [0.05, 0.1) is 19.2 Å². The SMILES string of the molecule is COc1cc(Cl)c(C(=O)c2cc(F)cc(F)c2)cc1OC. The number of carbonyl (C=O) groups is 1. The van der Waals surface area contributed by atoms with E-state index in [0.29, 0.717) is 17.6 Å². The standard InChI is InChI=1S/C15H11ClF2O3/c1-20-13-6-11(12(16)7-14(13)21-2)15(19)8-3-9(17)5-10(18)4-8/h3-7H,1-2H3. The molecule has 0 amide bonds. The lowest BCUT2D eigenvalue weighted by Gasteiger charge is -2.11. The summed E-state index contributed by atoms with van der Waals surface area (Å²) in [6, 6.07) is 5.35.